The summed E-state index contributed by atoms with van der Waals surface area (Å²) in [4.78, 5) is 2.34. The maximum atomic E-state index is 5.59. The van der Waals surface area contributed by atoms with Gasteiger partial charge >= 0.3 is 0 Å². The maximum Gasteiger partial charge on any atom is 0.156 e. The van der Waals surface area contributed by atoms with Crippen LogP contribution >= 0.6 is 0 Å². The van der Waals surface area contributed by atoms with Crippen molar-refractivity contribution in [1.82, 2.24) is 4.90 Å². The summed E-state index contributed by atoms with van der Waals surface area (Å²) >= 11 is 0. The first kappa shape index (κ1) is 9.96. The van der Waals surface area contributed by atoms with Crippen LogP contribution in [0.2, 0.25) is 0 Å². The lowest BCUT2D eigenvalue weighted by molar-refractivity contribution is -0.176. The van der Waals surface area contributed by atoms with Crippen molar-refractivity contribution in [3.63, 3.8) is 0 Å². The first-order chi connectivity index (χ1) is 5.74. The largest absolute Gasteiger partial charge is 0.356 e. The molecule has 0 aliphatic carbocycles. The molecule has 0 aromatic rings. The highest BCUT2D eigenvalue weighted by Crippen LogP contribution is 2.13. The second kappa shape index (κ2) is 4.80. The number of rotatable bonds is 4. The lowest BCUT2D eigenvalue weighted by Crippen LogP contribution is -2.35. The number of ether oxygens (including phenoxy) is 2. The lowest BCUT2D eigenvalue weighted by Gasteiger charge is -2.26. The van der Waals surface area contributed by atoms with Crippen LogP contribution in [0.25, 0.3) is 0 Å². The van der Waals surface area contributed by atoms with Gasteiger partial charge in [-0.05, 0) is 26.7 Å². The van der Waals surface area contributed by atoms with Crippen LogP contribution in [0.3, 0.4) is 0 Å². The van der Waals surface area contributed by atoms with Crippen LogP contribution in [0, 0.1) is 0 Å². The second-order valence-electron chi connectivity index (χ2n) is 3.28. The van der Waals surface area contributed by atoms with Crippen molar-refractivity contribution in [2.24, 2.45) is 0 Å². The Bertz CT molecular complexity index is 124. The van der Waals surface area contributed by atoms with E-state index < -0.39 is 0 Å². The fourth-order valence-corrected chi connectivity index (χ4v) is 1.52. The second-order valence-corrected chi connectivity index (χ2v) is 3.28. The minimum Gasteiger partial charge on any atom is -0.356 e. The Morgan fingerprint density at radius 3 is 2.25 bits per heavy atom. The molecule has 0 N–H and O–H groups in total. The maximum absolute atomic E-state index is 5.59. The van der Waals surface area contributed by atoms with E-state index in [2.05, 4.69) is 11.8 Å². The van der Waals surface area contributed by atoms with Crippen molar-refractivity contribution >= 4 is 0 Å². The van der Waals surface area contributed by atoms with Gasteiger partial charge in [0.1, 0.15) is 6.23 Å². The fourth-order valence-electron chi connectivity index (χ4n) is 1.52. The van der Waals surface area contributed by atoms with Crippen molar-refractivity contribution in [3.05, 3.63) is 0 Å². The number of likely N-dealkylation sites (tertiary alicyclic amines) is 1. The van der Waals surface area contributed by atoms with E-state index in [9.17, 15) is 0 Å². The van der Waals surface area contributed by atoms with Crippen molar-refractivity contribution in [1.29, 1.82) is 0 Å². The highest BCUT2D eigenvalue weighted by Gasteiger charge is 2.19. The molecule has 0 aromatic carbocycles. The van der Waals surface area contributed by atoms with Crippen molar-refractivity contribution in [3.8, 4) is 0 Å². The van der Waals surface area contributed by atoms with Crippen LogP contribution < -0.4 is 0 Å². The number of nitrogens with zero attached hydrogens (tertiary/aromatic N) is 1. The molecule has 0 bridgehead atoms. The van der Waals surface area contributed by atoms with Crippen molar-refractivity contribution in [2.75, 3.05) is 20.2 Å². The van der Waals surface area contributed by atoms with Crippen molar-refractivity contribution in [2.45, 2.75) is 39.2 Å². The Labute approximate surface area is 74.6 Å². The summed E-state index contributed by atoms with van der Waals surface area (Å²) in [6.07, 6.45) is 2.70. The molecule has 72 valence electrons. The number of methoxy groups -OCH3 is 1. The zero-order valence-electron chi connectivity index (χ0n) is 8.25. The third-order valence-corrected chi connectivity index (χ3v) is 2.38. The SMILES string of the molecule is COC(C)OC(C)N1CCCC1. The quantitative estimate of drug-likeness (QED) is 0.600. The average molecular weight is 173 g/mol. The van der Waals surface area contributed by atoms with E-state index in [-0.39, 0.29) is 12.5 Å². The van der Waals surface area contributed by atoms with Gasteiger partial charge in [-0.15, -0.1) is 0 Å². The molecule has 1 rings (SSSR count). The van der Waals surface area contributed by atoms with E-state index in [1.165, 1.54) is 12.8 Å². The van der Waals surface area contributed by atoms with Crippen LogP contribution in [-0.4, -0.2) is 37.6 Å². The van der Waals surface area contributed by atoms with Crippen LogP contribution in [0.15, 0.2) is 0 Å². The highest BCUT2D eigenvalue weighted by atomic mass is 16.7. The molecule has 0 amide bonds. The van der Waals surface area contributed by atoms with E-state index in [1.807, 2.05) is 6.92 Å². The van der Waals surface area contributed by atoms with Crippen molar-refractivity contribution < 1.29 is 9.47 Å². The van der Waals surface area contributed by atoms with Crippen LogP contribution in [-0.2, 0) is 9.47 Å². The van der Waals surface area contributed by atoms with Gasteiger partial charge in [0, 0.05) is 20.2 Å². The molecule has 0 spiro atoms. The minimum absolute atomic E-state index is 0.0967. The van der Waals surface area contributed by atoms with E-state index >= 15 is 0 Å². The minimum atomic E-state index is -0.0967. The lowest BCUT2D eigenvalue weighted by atomic mass is 10.4. The highest BCUT2D eigenvalue weighted by molar-refractivity contribution is 4.67. The van der Waals surface area contributed by atoms with E-state index in [0.29, 0.717) is 0 Å². The average Bonchev–Trinajstić information content (AvgIpc) is 2.56. The molecule has 1 fully saturated rings. The summed E-state index contributed by atoms with van der Waals surface area (Å²) in [7, 11) is 1.67. The summed E-state index contributed by atoms with van der Waals surface area (Å²) in [5.41, 5.74) is 0. The van der Waals surface area contributed by atoms with Gasteiger partial charge in [0.25, 0.3) is 0 Å². The number of hydrogen-bond acceptors (Lipinski definition) is 3. The fraction of sp³-hybridized carbons (Fsp3) is 1.00. The summed E-state index contributed by atoms with van der Waals surface area (Å²) in [5, 5.41) is 0. The Morgan fingerprint density at radius 2 is 1.75 bits per heavy atom. The van der Waals surface area contributed by atoms with Gasteiger partial charge in [0.2, 0.25) is 0 Å². The van der Waals surface area contributed by atoms with Crippen LogP contribution in [0.1, 0.15) is 26.7 Å². The van der Waals surface area contributed by atoms with Gasteiger partial charge in [-0.3, -0.25) is 4.90 Å². The molecule has 1 aliphatic rings. The first-order valence-corrected chi connectivity index (χ1v) is 4.66. The van der Waals surface area contributed by atoms with Crippen LogP contribution in [0.5, 0.6) is 0 Å². The predicted octanol–water partition coefficient (Wildman–Crippen LogP) is 1.44. The molecule has 3 heteroatoms. The third-order valence-electron chi connectivity index (χ3n) is 2.38. The molecule has 2 unspecified atom stereocenters. The topological polar surface area (TPSA) is 21.7 Å². The predicted molar refractivity (Wildman–Crippen MR) is 47.8 cm³/mol. The molecule has 12 heavy (non-hydrogen) atoms. The summed E-state index contributed by atoms with van der Waals surface area (Å²) < 4.78 is 10.6. The molecule has 2 atom stereocenters. The molecule has 3 nitrogen and oxygen atoms in total. The molecule has 0 radical (unpaired) electrons. The number of hydrogen-bond donors (Lipinski definition) is 0. The molecule has 0 aromatic heterocycles. The van der Waals surface area contributed by atoms with Gasteiger partial charge in [-0.1, -0.05) is 0 Å². The van der Waals surface area contributed by atoms with Gasteiger partial charge in [-0.25, -0.2) is 0 Å². The summed E-state index contributed by atoms with van der Waals surface area (Å²) in [6, 6.07) is 0. The van der Waals surface area contributed by atoms with E-state index in [0.717, 1.165) is 13.1 Å². The molecule has 1 saturated heterocycles. The Balaban J connectivity index is 2.21. The smallest absolute Gasteiger partial charge is 0.156 e. The third kappa shape index (κ3) is 2.73. The standard InChI is InChI=1S/C9H19NO2/c1-8(12-9(2)11-3)10-6-4-5-7-10/h8-9H,4-7H2,1-3H3. The van der Waals surface area contributed by atoms with Gasteiger partial charge in [-0.2, -0.15) is 0 Å². The van der Waals surface area contributed by atoms with Gasteiger partial charge in [0.05, 0.1) is 0 Å². The monoisotopic (exact) mass is 173 g/mol. The Hall–Kier alpha value is -0.120. The molecule has 1 aliphatic heterocycles. The Kier molecular flexibility index (Phi) is 3.98. The Morgan fingerprint density at radius 1 is 1.17 bits per heavy atom. The van der Waals surface area contributed by atoms with Gasteiger partial charge < -0.3 is 9.47 Å². The summed E-state index contributed by atoms with van der Waals surface area (Å²) in [5.74, 6) is 0. The zero-order valence-corrected chi connectivity index (χ0v) is 8.25. The van der Waals surface area contributed by atoms with Crippen LogP contribution in [0.4, 0.5) is 0 Å². The first-order valence-electron chi connectivity index (χ1n) is 4.66. The molecule has 1 heterocycles. The summed E-state index contributed by atoms with van der Waals surface area (Å²) in [6.45, 7) is 6.34. The van der Waals surface area contributed by atoms with E-state index in [4.69, 9.17) is 9.47 Å². The van der Waals surface area contributed by atoms with E-state index in [1.54, 1.807) is 7.11 Å². The molecular weight excluding hydrogens is 154 g/mol. The normalized spacial score (nSPS) is 24.2. The van der Waals surface area contributed by atoms with Gasteiger partial charge in [0.15, 0.2) is 6.29 Å². The molecule has 0 saturated carbocycles. The zero-order chi connectivity index (χ0) is 8.97. The molecular formula is C9H19NO2.